The molecule has 0 spiro atoms. The molecule has 1 atom stereocenters. The van der Waals surface area contributed by atoms with Crippen LogP contribution in [0.2, 0.25) is 0 Å². The number of nitrogens with zero attached hydrogens (tertiary/aromatic N) is 2. The van der Waals surface area contributed by atoms with Crippen LogP contribution in [0, 0.1) is 23.0 Å². The number of carbonyl (C=O) groups is 1. The van der Waals surface area contributed by atoms with E-state index in [-0.39, 0.29) is 41.5 Å². The van der Waals surface area contributed by atoms with Crippen LogP contribution in [-0.4, -0.2) is 43.8 Å². The molecule has 1 aliphatic heterocycles. The molecule has 3 rings (SSSR count). The van der Waals surface area contributed by atoms with Crippen molar-refractivity contribution in [1.29, 1.82) is 0 Å². The molecule has 1 heterocycles. The fourth-order valence-corrected chi connectivity index (χ4v) is 5.74. The van der Waals surface area contributed by atoms with Crippen LogP contribution in [0.4, 0.5) is 5.69 Å². The molecule has 1 N–H and O–H groups in total. The molecule has 0 saturated carbocycles. The van der Waals surface area contributed by atoms with E-state index in [0.717, 1.165) is 23.8 Å². The SMILES string of the molecule is CCC(NC(=O)C1CCN(S(=O)(=O)c2cc([N+](=O)[O-])ccc2C)CC1)c1ccc(OC)cc1. The maximum Gasteiger partial charge on any atom is 0.270 e. The van der Waals surface area contributed by atoms with E-state index in [4.69, 9.17) is 4.74 Å². The van der Waals surface area contributed by atoms with Crippen molar-refractivity contribution in [1.82, 2.24) is 9.62 Å². The van der Waals surface area contributed by atoms with Gasteiger partial charge in [-0.15, -0.1) is 0 Å². The van der Waals surface area contributed by atoms with Crippen LogP contribution >= 0.6 is 0 Å². The Labute approximate surface area is 193 Å². The van der Waals surface area contributed by atoms with Crippen molar-refractivity contribution in [2.24, 2.45) is 5.92 Å². The number of carbonyl (C=O) groups excluding carboxylic acids is 1. The van der Waals surface area contributed by atoms with Gasteiger partial charge >= 0.3 is 0 Å². The molecule has 0 aliphatic carbocycles. The molecule has 0 radical (unpaired) electrons. The molecule has 1 amide bonds. The molecule has 10 heteroatoms. The average molecular weight is 476 g/mol. The highest BCUT2D eigenvalue weighted by atomic mass is 32.2. The maximum atomic E-state index is 13.1. The van der Waals surface area contributed by atoms with Gasteiger partial charge in [0.2, 0.25) is 15.9 Å². The monoisotopic (exact) mass is 475 g/mol. The van der Waals surface area contributed by atoms with Crippen LogP contribution in [0.5, 0.6) is 5.75 Å². The van der Waals surface area contributed by atoms with Crippen molar-refractivity contribution < 1.29 is 22.9 Å². The minimum Gasteiger partial charge on any atom is -0.497 e. The van der Waals surface area contributed by atoms with Gasteiger partial charge in [0.15, 0.2) is 0 Å². The van der Waals surface area contributed by atoms with E-state index in [1.807, 2.05) is 31.2 Å². The second-order valence-corrected chi connectivity index (χ2v) is 10.0. The van der Waals surface area contributed by atoms with Crippen molar-refractivity contribution in [2.75, 3.05) is 20.2 Å². The van der Waals surface area contributed by atoms with Crippen LogP contribution in [-0.2, 0) is 14.8 Å². The highest BCUT2D eigenvalue weighted by Crippen LogP contribution is 2.29. The molecule has 1 aliphatic rings. The van der Waals surface area contributed by atoms with Gasteiger partial charge in [-0.1, -0.05) is 25.1 Å². The lowest BCUT2D eigenvalue weighted by Crippen LogP contribution is -2.43. The molecule has 1 unspecified atom stereocenters. The average Bonchev–Trinajstić information content (AvgIpc) is 2.82. The minimum atomic E-state index is -3.89. The predicted octanol–water partition coefficient (Wildman–Crippen LogP) is 3.58. The predicted molar refractivity (Wildman–Crippen MR) is 123 cm³/mol. The molecule has 33 heavy (non-hydrogen) atoms. The van der Waals surface area contributed by atoms with Crippen molar-refractivity contribution in [3.63, 3.8) is 0 Å². The van der Waals surface area contributed by atoms with E-state index in [1.54, 1.807) is 14.0 Å². The van der Waals surface area contributed by atoms with Crippen molar-refractivity contribution in [2.45, 2.75) is 44.0 Å². The number of hydrogen-bond acceptors (Lipinski definition) is 6. The summed E-state index contributed by atoms with van der Waals surface area (Å²) in [5.41, 5.74) is 1.16. The zero-order valence-corrected chi connectivity index (χ0v) is 19.8. The number of nitro benzene ring substituents is 1. The van der Waals surface area contributed by atoms with E-state index in [9.17, 15) is 23.3 Å². The fraction of sp³-hybridized carbons (Fsp3) is 0.435. The van der Waals surface area contributed by atoms with Gasteiger partial charge in [0.1, 0.15) is 5.75 Å². The largest absolute Gasteiger partial charge is 0.497 e. The number of rotatable bonds is 8. The lowest BCUT2D eigenvalue weighted by atomic mass is 9.95. The molecule has 178 valence electrons. The summed E-state index contributed by atoms with van der Waals surface area (Å²) in [7, 11) is -2.29. The second kappa shape index (κ2) is 10.3. The van der Waals surface area contributed by atoms with Gasteiger partial charge in [-0.2, -0.15) is 4.31 Å². The number of benzene rings is 2. The second-order valence-electron chi connectivity index (χ2n) is 8.13. The Balaban J connectivity index is 1.65. The summed E-state index contributed by atoms with van der Waals surface area (Å²) < 4.78 is 32.7. The molecule has 2 aromatic carbocycles. The van der Waals surface area contributed by atoms with Crippen molar-refractivity contribution in [3.8, 4) is 5.75 Å². The van der Waals surface area contributed by atoms with E-state index >= 15 is 0 Å². The summed E-state index contributed by atoms with van der Waals surface area (Å²) >= 11 is 0. The fourth-order valence-electron chi connectivity index (χ4n) is 4.02. The lowest BCUT2D eigenvalue weighted by molar-refractivity contribution is -0.385. The first-order valence-electron chi connectivity index (χ1n) is 10.9. The van der Waals surface area contributed by atoms with Gasteiger partial charge in [-0.3, -0.25) is 14.9 Å². The van der Waals surface area contributed by atoms with Crippen LogP contribution < -0.4 is 10.1 Å². The Kier molecular flexibility index (Phi) is 7.70. The van der Waals surface area contributed by atoms with Crippen LogP contribution in [0.1, 0.15) is 43.4 Å². The third kappa shape index (κ3) is 5.51. The van der Waals surface area contributed by atoms with Crippen LogP contribution in [0.3, 0.4) is 0 Å². The van der Waals surface area contributed by atoms with Gasteiger partial charge in [0.25, 0.3) is 5.69 Å². The number of ether oxygens (including phenoxy) is 1. The number of nitro groups is 1. The van der Waals surface area contributed by atoms with E-state index in [1.165, 1.54) is 16.4 Å². The number of amides is 1. The first-order valence-corrected chi connectivity index (χ1v) is 12.3. The zero-order valence-electron chi connectivity index (χ0n) is 19.0. The number of nitrogens with one attached hydrogen (secondary N) is 1. The Hall–Kier alpha value is -2.98. The number of non-ortho nitro benzene ring substituents is 1. The van der Waals surface area contributed by atoms with Crippen molar-refractivity contribution in [3.05, 3.63) is 63.7 Å². The maximum absolute atomic E-state index is 13.1. The zero-order chi connectivity index (χ0) is 24.2. The van der Waals surface area contributed by atoms with Gasteiger partial charge < -0.3 is 10.1 Å². The Morgan fingerprint density at radius 2 is 1.85 bits per heavy atom. The molecule has 1 fully saturated rings. The van der Waals surface area contributed by atoms with Crippen LogP contribution in [0.15, 0.2) is 47.4 Å². The third-order valence-corrected chi connectivity index (χ3v) is 8.11. The molecule has 1 saturated heterocycles. The summed E-state index contributed by atoms with van der Waals surface area (Å²) in [6.45, 7) is 3.97. The number of sulfonamides is 1. The molecular weight excluding hydrogens is 446 g/mol. The number of piperidine rings is 1. The summed E-state index contributed by atoms with van der Waals surface area (Å²) in [6, 6.07) is 11.2. The van der Waals surface area contributed by atoms with Gasteiger partial charge in [-0.25, -0.2) is 8.42 Å². The highest BCUT2D eigenvalue weighted by molar-refractivity contribution is 7.89. The first-order chi connectivity index (χ1) is 15.7. The molecule has 0 aromatic heterocycles. The highest BCUT2D eigenvalue weighted by Gasteiger charge is 2.34. The lowest BCUT2D eigenvalue weighted by Gasteiger charge is -2.31. The van der Waals surface area contributed by atoms with Gasteiger partial charge in [-0.05, 0) is 49.4 Å². The summed E-state index contributed by atoms with van der Waals surface area (Å²) in [5.74, 6) is 0.351. The van der Waals surface area contributed by atoms with E-state index in [0.29, 0.717) is 18.4 Å². The number of aryl methyl sites for hydroxylation is 1. The smallest absolute Gasteiger partial charge is 0.270 e. The minimum absolute atomic E-state index is 0.0647. The summed E-state index contributed by atoms with van der Waals surface area (Å²) in [4.78, 5) is 23.3. The Morgan fingerprint density at radius 1 is 1.21 bits per heavy atom. The standard InChI is InChI=1S/C23H29N3O6S/c1-4-21(17-6-9-20(32-3)10-7-17)24-23(27)18-11-13-25(14-12-18)33(30,31)22-15-19(26(28)29)8-5-16(22)2/h5-10,15,18,21H,4,11-14H2,1-3H3,(H,24,27). The molecular formula is C23H29N3O6S. The third-order valence-electron chi connectivity index (χ3n) is 6.07. The summed E-state index contributed by atoms with van der Waals surface area (Å²) in [6.07, 6.45) is 1.49. The number of hydrogen-bond donors (Lipinski definition) is 1. The number of methoxy groups -OCH3 is 1. The van der Waals surface area contributed by atoms with E-state index in [2.05, 4.69) is 5.32 Å². The first kappa shape index (κ1) is 24.7. The Bertz CT molecular complexity index is 1110. The normalized spacial score (nSPS) is 16.2. The summed E-state index contributed by atoms with van der Waals surface area (Å²) in [5, 5.41) is 14.2. The Morgan fingerprint density at radius 3 is 2.39 bits per heavy atom. The van der Waals surface area contributed by atoms with Crippen LogP contribution in [0.25, 0.3) is 0 Å². The quantitative estimate of drug-likeness (QED) is 0.460. The topological polar surface area (TPSA) is 119 Å². The van der Waals surface area contributed by atoms with Crippen molar-refractivity contribution >= 4 is 21.6 Å². The molecule has 9 nitrogen and oxygen atoms in total. The van der Waals surface area contributed by atoms with E-state index < -0.39 is 14.9 Å². The van der Waals surface area contributed by atoms with Gasteiger partial charge in [0, 0.05) is 31.1 Å². The van der Waals surface area contributed by atoms with Gasteiger partial charge in [0.05, 0.1) is 23.0 Å². The molecule has 0 bridgehead atoms. The molecule has 2 aromatic rings.